The van der Waals surface area contributed by atoms with E-state index in [2.05, 4.69) is 48.1 Å². The van der Waals surface area contributed by atoms with E-state index in [0.717, 1.165) is 52.1 Å². The molecule has 3 aliphatic heterocycles. The van der Waals surface area contributed by atoms with E-state index in [1.54, 1.807) is 7.11 Å². The monoisotopic (exact) mass is 676 g/mol. The van der Waals surface area contributed by atoms with Gasteiger partial charge in [-0.3, -0.25) is 9.59 Å². The number of rotatable bonds is 8. The predicted molar refractivity (Wildman–Crippen MR) is 179 cm³/mol. The molecule has 3 aromatic carbocycles. The first-order valence-electron chi connectivity index (χ1n) is 15.6. The van der Waals surface area contributed by atoms with Crippen molar-refractivity contribution in [1.82, 2.24) is 0 Å². The number of amides is 2. The van der Waals surface area contributed by atoms with Crippen molar-refractivity contribution in [2.75, 3.05) is 30.1 Å². The van der Waals surface area contributed by atoms with Crippen molar-refractivity contribution < 1.29 is 24.2 Å². The molecular formula is C35H41BrN2O5Si. The summed E-state index contributed by atoms with van der Waals surface area (Å²) in [5, 5.41) is 11.4. The van der Waals surface area contributed by atoms with Crippen molar-refractivity contribution in [2.45, 2.75) is 69.5 Å². The van der Waals surface area contributed by atoms with Gasteiger partial charge in [-0.25, -0.2) is 0 Å². The number of carbonyl (C=O) groups excluding carboxylic acids is 2. The van der Waals surface area contributed by atoms with E-state index in [0.29, 0.717) is 19.4 Å². The van der Waals surface area contributed by atoms with Crippen LogP contribution in [-0.2, 0) is 26.5 Å². The van der Waals surface area contributed by atoms with Crippen LogP contribution in [0.5, 0.6) is 5.75 Å². The van der Waals surface area contributed by atoms with E-state index in [9.17, 15) is 14.7 Å². The molecule has 0 aromatic heterocycles. The van der Waals surface area contributed by atoms with Crippen LogP contribution in [0.4, 0.5) is 11.4 Å². The summed E-state index contributed by atoms with van der Waals surface area (Å²) in [6.07, 6.45) is 2.68. The lowest BCUT2D eigenvalue weighted by Crippen LogP contribution is -2.51. The van der Waals surface area contributed by atoms with Gasteiger partial charge in [-0.1, -0.05) is 65.4 Å². The first kappa shape index (κ1) is 31.0. The van der Waals surface area contributed by atoms with Gasteiger partial charge in [0.25, 0.3) is 5.91 Å². The van der Waals surface area contributed by atoms with Gasteiger partial charge in [0.2, 0.25) is 5.91 Å². The van der Waals surface area contributed by atoms with Crippen molar-refractivity contribution in [3.63, 3.8) is 0 Å². The number of aliphatic hydroxyl groups is 1. The van der Waals surface area contributed by atoms with Gasteiger partial charge in [0, 0.05) is 41.2 Å². The van der Waals surface area contributed by atoms with Gasteiger partial charge in [0.05, 0.1) is 33.5 Å². The SMILES string of the molecule is COc1ccc([Si](C)(C)[C@H]2[C@H](CCO)O[C@@]3(C(=O)N(Cc4cccc(N5CCCCC5=O)c4)c4ccc(Br)cc43)[C@@H]2C)cc1. The number of nitrogens with zero attached hydrogens (tertiary/aromatic N) is 2. The van der Waals surface area contributed by atoms with Crippen molar-refractivity contribution in [3.8, 4) is 5.75 Å². The minimum Gasteiger partial charge on any atom is -0.497 e. The number of hydrogen-bond donors (Lipinski definition) is 1. The molecule has 0 unspecified atom stereocenters. The van der Waals surface area contributed by atoms with Gasteiger partial charge < -0.3 is 24.4 Å². The van der Waals surface area contributed by atoms with E-state index in [-0.39, 0.29) is 36.0 Å². The van der Waals surface area contributed by atoms with Crippen LogP contribution in [0.15, 0.2) is 71.2 Å². The zero-order valence-electron chi connectivity index (χ0n) is 25.9. The average molecular weight is 678 g/mol. The summed E-state index contributed by atoms with van der Waals surface area (Å²) in [6.45, 7) is 7.93. The Hall–Kier alpha value is -2.98. The Morgan fingerprint density at radius 1 is 1.07 bits per heavy atom. The first-order valence-corrected chi connectivity index (χ1v) is 19.4. The van der Waals surface area contributed by atoms with Gasteiger partial charge in [-0.05, 0) is 72.8 Å². The molecule has 9 heteroatoms. The standard InChI is InChI=1S/C35H41BrN2O5Si/c1-23-33(44(3,4)28-14-12-27(42-2)13-15-28)31(17-19-39)43-35(23)29-21-25(36)11-16-30(29)38(34(35)41)22-24-8-7-9-26(20-24)37-18-6-5-10-32(37)40/h7-9,11-16,20-21,23,31,33,39H,5-6,10,17-19,22H2,1-4H3/t23-,31+,33-,35+/m1/s1. The molecule has 7 nitrogen and oxygen atoms in total. The molecule has 44 heavy (non-hydrogen) atoms. The van der Waals surface area contributed by atoms with Gasteiger partial charge >= 0.3 is 0 Å². The zero-order valence-corrected chi connectivity index (χ0v) is 28.5. The van der Waals surface area contributed by atoms with Gasteiger partial charge in [0.15, 0.2) is 5.60 Å². The van der Waals surface area contributed by atoms with Gasteiger partial charge in [0.1, 0.15) is 5.75 Å². The van der Waals surface area contributed by atoms with E-state index < -0.39 is 13.7 Å². The van der Waals surface area contributed by atoms with Gasteiger partial charge in [-0.2, -0.15) is 0 Å². The third kappa shape index (κ3) is 5.11. The molecule has 3 aliphatic rings. The van der Waals surface area contributed by atoms with Crippen molar-refractivity contribution in [3.05, 3.63) is 82.3 Å². The molecule has 0 aliphatic carbocycles. The fourth-order valence-corrected chi connectivity index (χ4v) is 12.3. The first-order chi connectivity index (χ1) is 21.1. The van der Waals surface area contributed by atoms with E-state index in [1.807, 2.05) is 64.4 Å². The van der Waals surface area contributed by atoms with Crippen LogP contribution in [0.2, 0.25) is 18.6 Å². The van der Waals surface area contributed by atoms with Crippen LogP contribution in [0.1, 0.15) is 43.7 Å². The molecule has 0 radical (unpaired) electrons. The number of ether oxygens (including phenoxy) is 2. The number of piperidine rings is 1. The second kappa shape index (κ2) is 12.1. The second-order valence-electron chi connectivity index (χ2n) is 12.9. The number of carbonyl (C=O) groups is 2. The molecule has 0 saturated carbocycles. The summed E-state index contributed by atoms with van der Waals surface area (Å²) in [5.74, 6) is 0.762. The normalized spacial score (nSPS) is 25.2. The Bertz CT molecular complexity index is 1560. The van der Waals surface area contributed by atoms with Crippen LogP contribution in [0.3, 0.4) is 0 Å². The highest BCUT2D eigenvalue weighted by molar-refractivity contribution is 9.10. The molecule has 1 N–H and O–H groups in total. The summed E-state index contributed by atoms with van der Waals surface area (Å²) in [4.78, 5) is 31.2. The highest BCUT2D eigenvalue weighted by Crippen LogP contribution is 2.60. The van der Waals surface area contributed by atoms with E-state index in [4.69, 9.17) is 9.47 Å². The Morgan fingerprint density at radius 3 is 2.55 bits per heavy atom. The molecule has 4 atom stereocenters. The summed E-state index contributed by atoms with van der Waals surface area (Å²) in [5.41, 5.74) is 2.47. The summed E-state index contributed by atoms with van der Waals surface area (Å²) < 4.78 is 13.3. The molecular weight excluding hydrogens is 636 g/mol. The topological polar surface area (TPSA) is 79.3 Å². The predicted octanol–water partition coefficient (Wildman–Crippen LogP) is 6.12. The lowest BCUT2D eigenvalue weighted by Gasteiger charge is -2.37. The Labute approximate surface area is 269 Å². The minimum atomic E-state index is -2.24. The molecule has 6 rings (SSSR count). The second-order valence-corrected chi connectivity index (χ2v) is 18.5. The van der Waals surface area contributed by atoms with Crippen LogP contribution in [0.25, 0.3) is 0 Å². The summed E-state index contributed by atoms with van der Waals surface area (Å²) >= 11 is 3.67. The number of aliphatic hydroxyl groups excluding tert-OH is 1. The maximum Gasteiger partial charge on any atom is 0.264 e. The zero-order chi connectivity index (χ0) is 31.2. The van der Waals surface area contributed by atoms with Gasteiger partial charge in [-0.15, -0.1) is 0 Å². The average Bonchev–Trinajstić information content (AvgIpc) is 3.44. The number of anilines is 2. The highest BCUT2D eigenvalue weighted by atomic mass is 79.9. The molecule has 0 bridgehead atoms. The molecule has 2 fully saturated rings. The summed E-state index contributed by atoms with van der Waals surface area (Å²) in [6, 6.07) is 22.3. The number of halogens is 1. The van der Waals surface area contributed by atoms with Crippen molar-refractivity contribution in [2.24, 2.45) is 5.92 Å². The fourth-order valence-electron chi connectivity index (χ4n) is 7.92. The van der Waals surface area contributed by atoms with Crippen LogP contribution >= 0.6 is 15.9 Å². The van der Waals surface area contributed by atoms with E-state index >= 15 is 0 Å². The third-order valence-corrected chi connectivity index (χ3v) is 15.0. The lowest BCUT2D eigenvalue weighted by atomic mass is 9.82. The number of fused-ring (bicyclic) bond motifs is 2. The molecule has 2 saturated heterocycles. The molecule has 3 heterocycles. The third-order valence-electron chi connectivity index (χ3n) is 10.1. The quantitative estimate of drug-likeness (QED) is 0.291. The maximum atomic E-state index is 14.9. The van der Waals surface area contributed by atoms with E-state index in [1.165, 1.54) is 5.19 Å². The fraction of sp³-hybridized carbons (Fsp3) is 0.429. The molecule has 2 amide bonds. The largest absolute Gasteiger partial charge is 0.497 e. The Morgan fingerprint density at radius 2 is 1.84 bits per heavy atom. The lowest BCUT2D eigenvalue weighted by molar-refractivity contribution is -0.146. The van der Waals surface area contributed by atoms with Crippen LogP contribution in [0, 0.1) is 5.92 Å². The molecule has 1 spiro atoms. The van der Waals surface area contributed by atoms with Crippen LogP contribution < -0.4 is 19.7 Å². The summed E-state index contributed by atoms with van der Waals surface area (Å²) in [7, 11) is -0.576. The van der Waals surface area contributed by atoms with Crippen molar-refractivity contribution in [1.29, 1.82) is 0 Å². The number of hydrogen-bond acceptors (Lipinski definition) is 5. The number of methoxy groups -OCH3 is 1. The van der Waals surface area contributed by atoms with Crippen molar-refractivity contribution >= 4 is 52.4 Å². The highest BCUT2D eigenvalue weighted by Gasteiger charge is 2.66. The minimum absolute atomic E-state index is 0.0116. The Balaban J connectivity index is 1.39. The Kier molecular flexibility index (Phi) is 8.52. The smallest absolute Gasteiger partial charge is 0.264 e. The molecule has 3 aromatic rings. The number of benzene rings is 3. The molecule has 232 valence electrons. The van der Waals surface area contributed by atoms with Crippen LogP contribution in [-0.4, -0.2) is 51.4 Å². The maximum absolute atomic E-state index is 14.9.